The Kier molecular flexibility index (Phi) is 18.7. The molecule has 0 spiro atoms. The van der Waals surface area contributed by atoms with Crippen molar-refractivity contribution >= 4 is 69.8 Å². The summed E-state index contributed by atoms with van der Waals surface area (Å²) in [5.74, 6) is 11.6. The van der Waals surface area contributed by atoms with Gasteiger partial charge in [0.1, 0.15) is 18.1 Å². The third kappa shape index (κ3) is 11.9. The first-order valence-corrected chi connectivity index (χ1v) is 28.1. The highest BCUT2D eigenvalue weighted by molar-refractivity contribution is 8.03. The molecular formula is C54H74N3OS4+. The molecule has 0 atom stereocenters. The fourth-order valence-electron chi connectivity index (χ4n) is 9.21. The number of hydrogen-bond donors (Lipinski definition) is 0. The molecule has 0 saturated carbocycles. The molecule has 334 valence electrons. The Balaban J connectivity index is 1.34. The Hall–Kier alpha value is -2.91. The molecule has 3 aromatic rings. The molecule has 0 bridgehead atoms. The first kappa shape index (κ1) is 48.5. The van der Waals surface area contributed by atoms with Crippen molar-refractivity contribution in [2.24, 2.45) is 0 Å². The van der Waals surface area contributed by atoms with Gasteiger partial charge in [-0.15, -0.1) is 0 Å². The number of rotatable bonds is 24. The second-order valence-electron chi connectivity index (χ2n) is 17.5. The van der Waals surface area contributed by atoms with E-state index in [1.165, 1.54) is 85.3 Å². The number of para-hydroxylation sites is 2. The van der Waals surface area contributed by atoms with Gasteiger partial charge in [0.05, 0.1) is 5.41 Å². The fraction of sp³-hybridized carbons (Fsp3) is 0.500. The lowest BCUT2D eigenvalue weighted by Gasteiger charge is -2.27. The van der Waals surface area contributed by atoms with Crippen LogP contribution in [0.1, 0.15) is 98.6 Å². The van der Waals surface area contributed by atoms with Crippen molar-refractivity contribution in [3.63, 3.8) is 0 Å². The lowest BCUT2D eigenvalue weighted by molar-refractivity contribution is -0.437. The summed E-state index contributed by atoms with van der Waals surface area (Å²) < 4.78 is 9.71. The average molecular weight is 909 g/mol. The number of allylic oxidation sites excluding steroid dienone is 7. The Morgan fingerprint density at radius 2 is 1.32 bits per heavy atom. The molecule has 2 heterocycles. The quantitative estimate of drug-likeness (QED) is 0.0650. The predicted molar refractivity (Wildman–Crippen MR) is 283 cm³/mol. The highest BCUT2D eigenvalue weighted by Gasteiger charge is 2.44. The molecule has 8 heteroatoms. The molecule has 0 unspecified atom stereocenters. The van der Waals surface area contributed by atoms with Crippen LogP contribution >= 0.6 is 47.0 Å². The van der Waals surface area contributed by atoms with Crippen LogP contribution < -0.4 is 14.5 Å². The summed E-state index contributed by atoms with van der Waals surface area (Å²) in [5.41, 5.74) is 11.9. The minimum absolute atomic E-state index is 0.0882. The number of thioether (sulfide) groups is 4. The molecule has 0 fully saturated rings. The Morgan fingerprint density at radius 1 is 0.677 bits per heavy atom. The molecule has 0 aromatic heterocycles. The molecule has 6 rings (SSSR count). The van der Waals surface area contributed by atoms with Crippen LogP contribution in [0.25, 0.3) is 0 Å². The zero-order chi connectivity index (χ0) is 44.0. The van der Waals surface area contributed by atoms with Crippen molar-refractivity contribution in [2.45, 2.75) is 98.3 Å². The number of anilines is 2. The number of ether oxygens (including phenoxy) is 1. The van der Waals surface area contributed by atoms with E-state index >= 15 is 0 Å². The Morgan fingerprint density at radius 3 is 1.98 bits per heavy atom. The zero-order valence-corrected chi connectivity index (χ0v) is 42.4. The maximum absolute atomic E-state index is 7.16. The topological polar surface area (TPSA) is 18.7 Å². The maximum Gasteiger partial charge on any atom is 0.209 e. The molecule has 0 N–H and O–H groups in total. The average Bonchev–Trinajstić information content (AvgIpc) is 3.62. The molecular weight excluding hydrogens is 835 g/mol. The Labute approximate surface area is 393 Å². The molecule has 0 amide bonds. The number of nitrogens with zero attached hydrogens (tertiary/aromatic N) is 3. The van der Waals surface area contributed by atoms with Crippen molar-refractivity contribution in [3.05, 3.63) is 131 Å². The summed E-state index contributed by atoms with van der Waals surface area (Å²) in [4.78, 5) is 5.15. The van der Waals surface area contributed by atoms with Crippen molar-refractivity contribution < 1.29 is 9.31 Å². The first-order chi connectivity index (χ1) is 30.1. The van der Waals surface area contributed by atoms with E-state index in [-0.39, 0.29) is 10.8 Å². The van der Waals surface area contributed by atoms with Gasteiger partial charge in [-0.1, -0.05) is 84.0 Å². The fourth-order valence-corrected chi connectivity index (χ4v) is 12.8. The van der Waals surface area contributed by atoms with E-state index in [1.54, 1.807) is 0 Å². The summed E-state index contributed by atoms with van der Waals surface area (Å²) in [6.07, 6.45) is 14.9. The van der Waals surface area contributed by atoms with Gasteiger partial charge in [-0.3, -0.25) is 0 Å². The van der Waals surface area contributed by atoms with Gasteiger partial charge in [-0.25, -0.2) is 0 Å². The molecule has 2 aliphatic heterocycles. The maximum atomic E-state index is 7.16. The van der Waals surface area contributed by atoms with Crippen LogP contribution in [-0.2, 0) is 10.8 Å². The summed E-state index contributed by atoms with van der Waals surface area (Å²) in [5, 5.41) is 0. The van der Waals surface area contributed by atoms with Crippen LogP contribution in [0, 0.1) is 0 Å². The van der Waals surface area contributed by atoms with E-state index in [0.29, 0.717) is 0 Å². The third-order valence-electron chi connectivity index (χ3n) is 12.4. The van der Waals surface area contributed by atoms with E-state index in [0.717, 1.165) is 81.3 Å². The third-order valence-corrected chi connectivity index (χ3v) is 16.7. The largest absolute Gasteiger partial charge is 0.457 e. The van der Waals surface area contributed by atoms with E-state index in [9.17, 15) is 0 Å². The Bertz CT molecular complexity index is 2060. The van der Waals surface area contributed by atoms with Crippen LogP contribution in [0.4, 0.5) is 17.1 Å². The summed E-state index contributed by atoms with van der Waals surface area (Å²) in [6.45, 7) is 22.8. The zero-order valence-electron chi connectivity index (χ0n) is 39.1. The smallest absolute Gasteiger partial charge is 0.209 e. The second kappa shape index (κ2) is 23.9. The van der Waals surface area contributed by atoms with Crippen LogP contribution in [-0.4, -0.2) is 82.5 Å². The second-order valence-corrected chi connectivity index (χ2v) is 22.7. The van der Waals surface area contributed by atoms with Crippen molar-refractivity contribution in [3.8, 4) is 5.75 Å². The van der Waals surface area contributed by atoms with Crippen LogP contribution in [0.15, 0.2) is 120 Å². The molecule has 4 nitrogen and oxygen atoms in total. The number of fused-ring (bicyclic) bond motifs is 2. The van der Waals surface area contributed by atoms with Gasteiger partial charge in [-0.05, 0) is 110 Å². The van der Waals surface area contributed by atoms with E-state index < -0.39 is 0 Å². The van der Waals surface area contributed by atoms with Gasteiger partial charge >= 0.3 is 0 Å². The van der Waals surface area contributed by atoms with Gasteiger partial charge in [-0.2, -0.15) is 51.6 Å². The molecule has 3 aliphatic rings. The van der Waals surface area contributed by atoms with Crippen molar-refractivity contribution in [1.29, 1.82) is 0 Å². The van der Waals surface area contributed by atoms with Gasteiger partial charge in [0.15, 0.2) is 5.71 Å². The van der Waals surface area contributed by atoms with Gasteiger partial charge in [0.25, 0.3) is 0 Å². The molecule has 62 heavy (non-hydrogen) atoms. The summed E-state index contributed by atoms with van der Waals surface area (Å²) in [7, 11) is 0. The minimum atomic E-state index is -0.0882. The lowest BCUT2D eigenvalue weighted by Crippen LogP contribution is -2.28. The normalized spacial score (nSPS) is 18.1. The first-order valence-electron chi connectivity index (χ1n) is 23.4. The van der Waals surface area contributed by atoms with Gasteiger partial charge in [0.2, 0.25) is 5.69 Å². The number of benzene rings is 3. The van der Waals surface area contributed by atoms with Crippen LogP contribution in [0.2, 0.25) is 0 Å². The van der Waals surface area contributed by atoms with Crippen LogP contribution in [0.5, 0.6) is 5.75 Å². The molecule has 0 saturated heterocycles. The summed E-state index contributed by atoms with van der Waals surface area (Å²) in [6, 6.07) is 27.0. The standard InChI is InChI=1S/C54H74N3OS4/c1-9-32-56-48-22-15-13-20-46(48)53(5,6)50(56)30-24-42-18-17-19-43(25-31-51-54(7,8)47-21-14-16-23-49(47)57(51)33-10-2)52(42)58-45-28-26-44(27-29-45)55(34-36-61-40-38-59-11-3)35-37-62-41-39-60-12-4/h13-16,20-31H,9-12,17-19,32-41H2,1-8H3/q+1. The van der Waals surface area contributed by atoms with Crippen molar-refractivity contribution in [1.82, 2.24) is 0 Å². The van der Waals surface area contributed by atoms with Crippen LogP contribution in [0.3, 0.4) is 0 Å². The summed E-state index contributed by atoms with van der Waals surface area (Å²) >= 11 is 8.27. The van der Waals surface area contributed by atoms with Gasteiger partial charge in [0, 0.05) is 101 Å². The molecule has 3 aromatic carbocycles. The van der Waals surface area contributed by atoms with E-state index in [4.69, 9.17) is 4.74 Å². The highest BCUT2D eigenvalue weighted by Crippen LogP contribution is 2.48. The highest BCUT2D eigenvalue weighted by atomic mass is 32.2. The predicted octanol–water partition coefficient (Wildman–Crippen LogP) is 14.3. The SMILES string of the molecule is CCCN1/C(=C/C=C2\CCCC(/C=C/C3=[N+](CCC)c4ccccc4C3(C)C)=C2Oc2ccc(N(CCSCCSCC)CCSCCSCC)cc2)C(C)(C)c2ccccc21. The lowest BCUT2D eigenvalue weighted by atomic mass is 9.81. The van der Waals surface area contributed by atoms with Crippen molar-refractivity contribution in [2.75, 3.05) is 82.0 Å². The van der Waals surface area contributed by atoms with E-state index in [1.807, 2.05) is 23.5 Å². The monoisotopic (exact) mass is 908 g/mol. The minimum Gasteiger partial charge on any atom is -0.457 e. The number of hydrogen-bond acceptors (Lipinski definition) is 7. The van der Waals surface area contributed by atoms with E-state index in [2.05, 4.69) is 190 Å². The van der Waals surface area contributed by atoms with Gasteiger partial charge < -0.3 is 14.5 Å². The molecule has 0 radical (unpaired) electrons. The molecule has 1 aliphatic carbocycles.